The Bertz CT molecular complexity index is 245. The summed E-state index contributed by atoms with van der Waals surface area (Å²) >= 11 is 0. The Morgan fingerprint density at radius 1 is 1.50 bits per heavy atom. The lowest BCUT2D eigenvalue weighted by Crippen LogP contribution is -2.10. The highest BCUT2D eigenvalue weighted by Crippen LogP contribution is 2.00. The molecule has 0 saturated heterocycles. The van der Waals surface area contributed by atoms with Crippen LogP contribution in [0.2, 0.25) is 0 Å². The highest BCUT2D eigenvalue weighted by Gasteiger charge is 1.96. The first-order chi connectivity index (χ1) is 5.68. The Morgan fingerprint density at radius 2 is 2.25 bits per heavy atom. The number of hydrogen-bond acceptors (Lipinski definition) is 3. The molecule has 1 N–H and O–H groups in total. The first kappa shape index (κ1) is 8.97. The summed E-state index contributed by atoms with van der Waals surface area (Å²) in [5.74, 6) is 1.35. The van der Waals surface area contributed by atoms with E-state index >= 15 is 0 Å². The van der Waals surface area contributed by atoms with Crippen LogP contribution in [0.1, 0.15) is 19.5 Å². The van der Waals surface area contributed by atoms with Crippen LogP contribution >= 0.6 is 0 Å². The Morgan fingerprint density at radius 3 is 2.83 bits per heavy atom. The first-order valence-electron chi connectivity index (χ1n) is 4.22. The molecule has 0 bridgehead atoms. The number of anilines is 1. The summed E-state index contributed by atoms with van der Waals surface area (Å²) in [6.45, 7) is 7.19. The first-order valence-corrected chi connectivity index (χ1v) is 4.22. The molecule has 1 aromatic rings. The lowest BCUT2D eigenvalue weighted by Gasteiger charge is -2.06. The highest BCUT2D eigenvalue weighted by molar-refractivity contribution is 5.24. The van der Waals surface area contributed by atoms with Gasteiger partial charge in [-0.2, -0.15) is 0 Å². The molecule has 0 amide bonds. The average molecular weight is 165 g/mol. The van der Waals surface area contributed by atoms with Crippen LogP contribution in [-0.2, 0) is 0 Å². The molecule has 3 nitrogen and oxygen atoms in total. The van der Waals surface area contributed by atoms with E-state index in [-0.39, 0.29) is 0 Å². The van der Waals surface area contributed by atoms with Crippen LogP contribution in [0.15, 0.2) is 12.3 Å². The molecule has 1 aromatic heterocycles. The van der Waals surface area contributed by atoms with Crippen LogP contribution in [-0.4, -0.2) is 16.5 Å². The summed E-state index contributed by atoms with van der Waals surface area (Å²) in [6, 6.07) is 1.89. The zero-order chi connectivity index (χ0) is 8.97. The van der Waals surface area contributed by atoms with E-state index < -0.39 is 0 Å². The zero-order valence-corrected chi connectivity index (χ0v) is 7.83. The summed E-state index contributed by atoms with van der Waals surface area (Å²) in [6.07, 6.45) is 1.77. The lowest BCUT2D eigenvalue weighted by molar-refractivity contribution is 0.684. The molecule has 0 aromatic carbocycles. The van der Waals surface area contributed by atoms with Crippen LogP contribution in [0.4, 0.5) is 5.95 Å². The molecule has 3 heteroatoms. The maximum atomic E-state index is 4.22. The standard InChI is InChI=1S/C9H15N3/c1-7(2)6-11-9-10-5-4-8(3)12-9/h4-5,7H,6H2,1-3H3,(H,10,11,12). The summed E-state index contributed by atoms with van der Waals surface area (Å²) in [5.41, 5.74) is 0.997. The summed E-state index contributed by atoms with van der Waals surface area (Å²) < 4.78 is 0. The normalized spacial score (nSPS) is 10.3. The fraction of sp³-hybridized carbons (Fsp3) is 0.556. The smallest absolute Gasteiger partial charge is 0.222 e. The molecular weight excluding hydrogens is 150 g/mol. The molecule has 0 spiro atoms. The van der Waals surface area contributed by atoms with Crippen LogP contribution in [0.3, 0.4) is 0 Å². The van der Waals surface area contributed by atoms with Crippen molar-refractivity contribution >= 4 is 5.95 Å². The number of hydrogen-bond donors (Lipinski definition) is 1. The molecule has 0 aliphatic rings. The van der Waals surface area contributed by atoms with E-state index in [9.17, 15) is 0 Å². The number of nitrogens with zero attached hydrogens (tertiary/aromatic N) is 2. The average Bonchev–Trinajstić information content (AvgIpc) is 2.01. The lowest BCUT2D eigenvalue weighted by atomic mass is 10.2. The molecule has 12 heavy (non-hydrogen) atoms. The molecule has 0 radical (unpaired) electrons. The van der Waals surface area contributed by atoms with Gasteiger partial charge >= 0.3 is 0 Å². The van der Waals surface area contributed by atoms with E-state index in [4.69, 9.17) is 0 Å². The second-order valence-corrected chi connectivity index (χ2v) is 3.30. The van der Waals surface area contributed by atoms with Crippen LogP contribution in [0, 0.1) is 12.8 Å². The minimum atomic E-state index is 0.620. The summed E-state index contributed by atoms with van der Waals surface area (Å²) in [5, 5.41) is 3.16. The SMILES string of the molecule is Cc1ccnc(NCC(C)C)n1. The molecule has 0 unspecified atom stereocenters. The van der Waals surface area contributed by atoms with Crippen molar-refractivity contribution in [2.75, 3.05) is 11.9 Å². The third kappa shape index (κ3) is 2.86. The highest BCUT2D eigenvalue weighted by atomic mass is 15.1. The van der Waals surface area contributed by atoms with Gasteiger partial charge in [-0.15, -0.1) is 0 Å². The maximum absolute atomic E-state index is 4.22. The Hall–Kier alpha value is -1.12. The van der Waals surface area contributed by atoms with Crippen molar-refractivity contribution in [3.8, 4) is 0 Å². The van der Waals surface area contributed by atoms with Gasteiger partial charge in [0.15, 0.2) is 0 Å². The molecular formula is C9H15N3. The van der Waals surface area contributed by atoms with Crippen molar-refractivity contribution in [3.05, 3.63) is 18.0 Å². The maximum Gasteiger partial charge on any atom is 0.222 e. The third-order valence-electron chi connectivity index (χ3n) is 1.46. The van der Waals surface area contributed by atoms with E-state index in [1.54, 1.807) is 6.20 Å². The van der Waals surface area contributed by atoms with Gasteiger partial charge in [0.05, 0.1) is 0 Å². The van der Waals surface area contributed by atoms with E-state index in [1.807, 2.05) is 13.0 Å². The predicted octanol–water partition coefficient (Wildman–Crippen LogP) is 1.85. The Kier molecular flexibility index (Phi) is 3.02. The predicted molar refractivity (Wildman–Crippen MR) is 50.1 cm³/mol. The topological polar surface area (TPSA) is 37.8 Å². The van der Waals surface area contributed by atoms with E-state index in [1.165, 1.54) is 0 Å². The molecule has 0 saturated carbocycles. The quantitative estimate of drug-likeness (QED) is 0.742. The molecule has 1 rings (SSSR count). The van der Waals surface area contributed by atoms with Gasteiger partial charge in [-0.05, 0) is 18.9 Å². The van der Waals surface area contributed by atoms with Crippen molar-refractivity contribution in [2.45, 2.75) is 20.8 Å². The van der Waals surface area contributed by atoms with E-state index in [0.717, 1.165) is 18.2 Å². The molecule has 0 atom stereocenters. The van der Waals surface area contributed by atoms with Crippen LogP contribution in [0.25, 0.3) is 0 Å². The number of aryl methyl sites for hydroxylation is 1. The van der Waals surface area contributed by atoms with E-state index in [0.29, 0.717) is 5.92 Å². The van der Waals surface area contributed by atoms with Crippen molar-refractivity contribution in [2.24, 2.45) is 5.92 Å². The van der Waals surface area contributed by atoms with Crippen molar-refractivity contribution in [1.82, 2.24) is 9.97 Å². The molecule has 0 fully saturated rings. The molecule has 0 aliphatic heterocycles. The minimum Gasteiger partial charge on any atom is -0.354 e. The second kappa shape index (κ2) is 4.04. The van der Waals surface area contributed by atoms with E-state index in [2.05, 4.69) is 29.1 Å². The summed E-state index contributed by atoms with van der Waals surface area (Å²) in [4.78, 5) is 8.31. The van der Waals surface area contributed by atoms with Gasteiger partial charge in [0.1, 0.15) is 0 Å². The minimum absolute atomic E-state index is 0.620. The van der Waals surface area contributed by atoms with Gasteiger partial charge in [0, 0.05) is 18.4 Å². The number of aromatic nitrogens is 2. The fourth-order valence-corrected chi connectivity index (χ4v) is 0.830. The van der Waals surface area contributed by atoms with Gasteiger partial charge in [-0.25, -0.2) is 9.97 Å². The summed E-state index contributed by atoms with van der Waals surface area (Å²) in [7, 11) is 0. The van der Waals surface area contributed by atoms with Gasteiger partial charge < -0.3 is 5.32 Å². The zero-order valence-electron chi connectivity index (χ0n) is 7.83. The second-order valence-electron chi connectivity index (χ2n) is 3.30. The van der Waals surface area contributed by atoms with Gasteiger partial charge in [0.2, 0.25) is 5.95 Å². The van der Waals surface area contributed by atoms with Gasteiger partial charge in [-0.1, -0.05) is 13.8 Å². The van der Waals surface area contributed by atoms with Crippen molar-refractivity contribution in [3.63, 3.8) is 0 Å². The molecule has 0 aliphatic carbocycles. The third-order valence-corrected chi connectivity index (χ3v) is 1.46. The Labute approximate surface area is 73.2 Å². The number of nitrogens with one attached hydrogen (secondary N) is 1. The van der Waals surface area contributed by atoms with Gasteiger partial charge in [0.25, 0.3) is 0 Å². The van der Waals surface area contributed by atoms with Crippen LogP contribution < -0.4 is 5.32 Å². The largest absolute Gasteiger partial charge is 0.354 e. The van der Waals surface area contributed by atoms with Gasteiger partial charge in [-0.3, -0.25) is 0 Å². The molecule has 1 heterocycles. The number of rotatable bonds is 3. The molecule has 66 valence electrons. The van der Waals surface area contributed by atoms with Crippen molar-refractivity contribution in [1.29, 1.82) is 0 Å². The van der Waals surface area contributed by atoms with Crippen molar-refractivity contribution < 1.29 is 0 Å². The van der Waals surface area contributed by atoms with Crippen LogP contribution in [0.5, 0.6) is 0 Å². The Balaban J connectivity index is 2.52. The fourth-order valence-electron chi connectivity index (χ4n) is 0.830. The monoisotopic (exact) mass is 165 g/mol.